The Balaban J connectivity index is 2.55. The Bertz CT molecular complexity index is 508. The van der Waals surface area contributed by atoms with Crippen LogP contribution in [0, 0.1) is 0 Å². The number of H-pyrrole nitrogens is 1. The smallest absolute Gasteiger partial charge is 0.340 e. The van der Waals surface area contributed by atoms with Crippen LogP contribution in [0.3, 0.4) is 0 Å². The van der Waals surface area contributed by atoms with Crippen molar-refractivity contribution in [2.24, 2.45) is 0 Å². The highest BCUT2D eigenvalue weighted by atomic mass is 19.4. The van der Waals surface area contributed by atoms with E-state index in [1.807, 2.05) is 4.98 Å². The number of nitrogens with zero attached hydrogens (tertiary/aromatic N) is 2. The number of fused-ring (bicyclic) bond motifs is 1. The summed E-state index contributed by atoms with van der Waals surface area (Å²) in [6, 6.07) is 2.67. The molecule has 2 heterocycles. The first-order chi connectivity index (χ1) is 8.19. The van der Waals surface area contributed by atoms with Crippen LogP contribution in [0.25, 0.3) is 11.2 Å². The van der Waals surface area contributed by atoms with Crippen molar-refractivity contribution in [2.75, 3.05) is 0 Å². The summed E-state index contributed by atoms with van der Waals surface area (Å²) in [5.74, 6) is -4.84. The summed E-state index contributed by atoms with van der Waals surface area (Å²) in [4.78, 5) is 8.81. The van der Waals surface area contributed by atoms with Crippen molar-refractivity contribution in [1.29, 1.82) is 0 Å². The number of halogens is 6. The molecule has 0 saturated heterocycles. The maximum absolute atomic E-state index is 12.4. The molecule has 0 atom stereocenters. The Hall–Kier alpha value is -1.80. The second kappa shape index (κ2) is 3.85. The molecule has 1 N–H and O–H groups in total. The number of aromatic amines is 1. The fourth-order valence-corrected chi connectivity index (χ4v) is 1.50. The van der Waals surface area contributed by atoms with Crippen LogP contribution in [-0.4, -0.2) is 27.3 Å². The van der Waals surface area contributed by atoms with Gasteiger partial charge in [0.2, 0.25) is 5.92 Å². The molecule has 3 nitrogen and oxygen atoms in total. The van der Waals surface area contributed by atoms with Gasteiger partial charge in [0.15, 0.2) is 5.65 Å². The SMILES string of the molecule is FC(F)(F)C(c1nc2ncccc2[nH]1)C(F)(F)F. The van der Waals surface area contributed by atoms with Gasteiger partial charge in [-0.1, -0.05) is 0 Å². The van der Waals surface area contributed by atoms with E-state index in [2.05, 4.69) is 9.97 Å². The molecule has 2 rings (SSSR count). The summed E-state index contributed by atoms with van der Waals surface area (Å²) in [5.41, 5.74) is -0.169. The molecule has 0 aliphatic rings. The summed E-state index contributed by atoms with van der Waals surface area (Å²) >= 11 is 0. The van der Waals surface area contributed by atoms with Crippen LogP contribution in [0.15, 0.2) is 18.3 Å². The summed E-state index contributed by atoms with van der Waals surface area (Å²) in [6.07, 6.45) is -9.71. The molecule has 0 unspecified atom stereocenters. The largest absolute Gasteiger partial charge is 0.407 e. The topological polar surface area (TPSA) is 41.6 Å². The molecule has 0 spiro atoms. The predicted molar refractivity (Wildman–Crippen MR) is 48.7 cm³/mol. The van der Waals surface area contributed by atoms with E-state index in [-0.39, 0.29) is 11.2 Å². The zero-order chi connectivity index (χ0) is 13.6. The van der Waals surface area contributed by atoms with Crippen LogP contribution in [-0.2, 0) is 0 Å². The molecule has 0 amide bonds. The zero-order valence-corrected chi connectivity index (χ0v) is 8.47. The third-order valence-electron chi connectivity index (χ3n) is 2.20. The van der Waals surface area contributed by atoms with E-state index in [0.29, 0.717) is 0 Å². The fourth-order valence-electron chi connectivity index (χ4n) is 1.50. The van der Waals surface area contributed by atoms with Crippen LogP contribution in [0.1, 0.15) is 11.7 Å². The van der Waals surface area contributed by atoms with Gasteiger partial charge in [0.1, 0.15) is 5.82 Å². The predicted octanol–water partition coefficient (Wildman–Crippen LogP) is 3.17. The van der Waals surface area contributed by atoms with Crippen molar-refractivity contribution < 1.29 is 26.3 Å². The molecule has 98 valence electrons. The minimum Gasteiger partial charge on any atom is -0.340 e. The van der Waals surface area contributed by atoms with Crippen LogP contribution in [0.4, 0.5) is 26.3 Å². The Morgan fingerprint density at radius 2 is 1.67 bits per heavy atom. The van der Waals surface area contributed by atoms with Gasteiger partial charge in [0.05, 0.1) is 5.52 Å². The Morgan fingerprint density at radius 1 is 1.06 bits per heavy atom. The number of alkyl halides is 6. The second-order valence-electron chi connectivity index (χ2n) is 3.51. The molecule has 18 heavy (non-hydrogen) atoms. The standard InChI is InChI=1S/C9H5F6N3/c10-8(11,12)5(9(13,14)15)7-17-4-2-1-3-16-6(4)18-7/h1-3,5H,(H,16,17,18). The molecule has 0 bridgehead atoms. The Kier molecular flexibility index (Phi) is 2.71. The van der Waals surface area contributed by atoms with Crippen molar-refractivity contribution in [3.8, 4) is 0 Å². The highest BCUT2D eigenvalue weighted by Gasteiger charge is 2.59. The first kappa shape index (κ1) is 12.7. The average Bonchev–Trinajstić information content (AvgIpc) is 2.54. The Morgan fingerprint density at radius 3 is 2.17 bits per heavy atom. The summed E-state index contributed by atoms with van der Waals surface area (Å²) in [6.45, 7) is 0. The van der Waals surface area contributed by atoms with Gasteiger partial charge in [0.25, 0.3) is 0 Å². The van der Waals surface area contributed by atoms with Crippen LogP contribution in [0.5, 0.6) is 0 Å². The second-order valence-corrected chi connectivity index (χ2v) is 3.51. The lowest BCUT2D eigenvalue weighted by Crippen LogP contribution is -2.34. The molecule has 9 heteroatoms. The molecule has 0 radical (unpaired) electrons. The fraction of sp³-hybridized carbons (Fsp3) is 0.333. The summed E-state index contributed by atoms with van der Waals surface area (Å²) < 4.78 is 74.6. The van der Waals surface area contributed by atoms with E-state index in [9.17, 15) is 26.3 Å². The molecule has 2 aromatic rings. The number of imidazole rings is 1. The van der Waals surface area contributed by atoms with Crippen molar-refractivity contribution in [1.82, 2.24) is 15.0 Å². The minimum atomic E-state index is -5.47. The molecule has 0 saturated carbocycles. The zero-order valence-electron chi connectivity index (χ0n) is 8.47. The van der Waals surface area contributed by atoms with Crippen LogP contribution < -0.4 is 0 Å². The monoisotopic (exact) mass is 269 g/mol. The van der Waals surface area contributed by atoms with Crippen molar-refractivity contribution in [3.05, 3.63) is 24.2 Å². The van der Waals surface area contributed by atoms with Gasteiger partial charge < -0.3 is 4.98 Å². The van der Waals surface area contributed by atoms with Crippen molar-refractivity contribution in [3.63, 3.8) is 0 Å². The molecule has 0 fully saturated rings. The molecule has 0 aromatic carbocycles. The average molecular weight is 269 g/mol. The number of aromatic nitrogens is 3. The van der Waals surface area contributed by atoms with Gasteiger partial charge >= 0.3 is 12.4 Å². The molecule has 0 aliphatic carbocycles. The third-order valence-corrected chi connectivity index (χ3v) is 2.20. The minimum absolute atomic E-state index is 0.0194. The third kappa shape index (κ3) is 2.24. The quantitative estimate of drug-likeness (QED) is 0.808. The highest BCUT2D eigenvalue weighted by Crippen LogP contribution is 2.45. The lowest BCUT2D eigenvalue weighted by atomic mass is 10.1. The number of pyridine rings is 1. The Labute approximate surface area is 95.8 Å². The number of nitrogens with one attached hydrogen (secondary N) is 1. The summed E-state index contributed by atoms with van der Waals surface area (Å²) in [7, 11) is 0. The van der Waals surface area contributed by atoms with Gasteiger partial charge in [-0.25, -0.2) is 9.97 Å². The summed E-state index contributed by atoms with van der Waals surface area (Å²) in [5, 5.41) is 0. The first-order valence-electron chi connectivity index (χ1n) is 4.63. The van der Waals surface area contributed by atoms with E-state index >= 15 is 0 Å². The van der Waals surface area contributed by atoms with E-state index in [1.165, 1.54) is 18.3 Å². The van der Waals surface area contributed by atoms with Crippen LogP contribution in [0.2, 0.25) is 0 Å². The lowest BCUT2D eigenvalue weighted by molar-refractivity contribution is -0.255. The van der Waals surface area contributed by atoms with E-state index < -0.39 is 24.1 Å². The van der Waals surface area contributed by atoms with E-state index in [1.54, 1.807) is 0 Å². The van der Waals surface area contributed by atoms with Gasteiger partial charge in [-0.05, 0) is 12.1 Å². The van der Waals surface area contributed by atoms with Crippen LogP contribution >= 0.6 is 0 Å². The first-order valence-corrected chi connectivity index (χ1v) is 4.63. The van der Waals surface area contributed by atoms with Crippen molar-refractivity contribution >= 4 is 11.2 Å². The lowest BCUT2D eigenvalue weighted by Gasteiger charge is -2.20. The normalized spacial score (nSPS) is 13.5. The maximum Gasteiger partial charge on any atom is 0.407 e. The number of hydrogen-bond donors (Lipinski definition) is 1. The van der Waals surface area contributed by atoms with Crippen molar-refractivity contribution in [2.45, 2.75) is 18.3 Å². The number of hydrogen-bond acceptors (Lipinski definition) is 2. The van der Waals surface area contributed by atoms with Gasteiger partial charge in [-0.3, -0.25) is 0 Å². The highest BCUT2D eigenvalue weighted by molar-refractivity contribution is 5.70. The van der Waals surface area contributed by atoms with Gasteiger partial charge in [-0.15, -0.1) is 0 Å². The maximum atomic E-state index is 12.4. The molecule has 2 aromatic heterocycles. The molecular weight excluding hydrogens is 264 g/mol. The van der Waals surface area contributed by atoms with E-state index in [4.69, 9.17) is 0 Å². The van der Waals surface area contributed by atoms with Gasteiger partial charge in [-0.2, -0.15) is 26.3 Å². The van der Waals surface area contributed by atoms with E-state index in [0.717, 1.165) is 0 Å². The number of rotatable bonds is 1. The van der Waals surface area contributed by atoms with Gasteiger partial charge in [0, 0.05) is 6.20 Å². The molecular formula is C9H5F6N3. The molecule has 0 aliphatic heterocycles.